The van der Waals surface area contributed by atoms with Gasteiger partial charge in [0.2, 0.25) is 0 Å². The van der Waals surface area contributed by atoms with Gasteiger partial charge in [0, 0.05) is 12.6 Å². The molecule has 4 N–H and O–H groups in total. The van der Waals surface area contributed by atoms with E-state index in [1.54, 1.807) is 13.8 Å². The Morgan fingerprint density at radius 2 is 1.88 bits per heavy atom. The number of nitrogens with one attached hydrogen (secondary N) is 1. The van der Waals surface area contributed by atoms with Crippen LogP contribution in [0, 0.1) is 0 Å². The molecular formula is C8H16N2O5Si. The lowest BCUT2D eigenvalue weighted by molar-refractivity contribution is -0.130. The molecule has 1 fully saturated rings. The summed E-state index contributed by atoms with van der Waals surface area (Å²) < 4.78 is 0. The van der Waals surface area contributed by atoms with Gasteiger partial charge in [0.15, 0.2) is 0 Å². The lowest BCUT2D eigenvalue weighted by Crippen LogP contribution is -2.40. The molecule has 0 aromatic rings. The summed E-state index contributed by atoms with van der Waals surface area (Å²) >= 11 is 0. The van der Waals surface area contributed by atoms with Crippen molar-refractivity contribution in [2.24, 2.45) is 0 Å². The van der Waals surface area contributed by atoms with E-state index in [9.17, 15) is 9.59 Å². The third-order valence-electron chi connectivity index (χ3n) is 2.34. The molecule has 1 aliphatic heterocycles. The van der Waals surface area contributed by atoms with Crippen molar-refractivity contribution < 1.29 is 24.0 Å². The molecule has 0 spiro atoms. The van der Waals surface area contributed by atoms with E-state index in [1.807, 2.05) is 0 Å². The highest BCUT2D eigenvalue weighted by Gasteiger charge is 2.44. The number of hydrogen-bond acceptors (Lipinski definition) is 5. The highest BCUT2D eigenvalue weighted by molar-refractivity contribution is 6.56. The fourth-order valence-corrected chi connectivity index (χ4v) is 2.13. The molecule has 0 atom stereocenters. The number of rotatable bonds is 4. The van der Waals surface area contributed by atoms with Crippen LogP contribution in [0.15, 0.2) is 0 Å². The van der Waals surface area contributed by atoms with Crippen LogP contribution in [0.1, 0.15) is 20.3 Å². The second-order valence-corrected chi connectivity index (χ2v) is 6.44. The van der Waals surface area contributed by atoms with E-state index < -0.39 is 20.4 Å². The van der Waals surface area contributed by atoms with Gasteiger partial charge < -0.3 is 19.7 Å². The summed E-state index contributed by atoms with van der Waals surface area (Å²) in [6, 6.07) is -0.680. The van der Waals surface area contributed by atoms with E-state index in [4.69, 9.17) is 14.4 Å². The third kappa shape index (κ3) is 3.01. The van der Waals surface area contributed by atoms with Gasteiger partial charge in [-0.15, -0.1) is 0 Å². The summed E-state index contributed by atoms with van der Waals surface area (Å²) in [5, 5.41) is 2.50. The van der Waals surface area contributed by atoms with Gasteiger partial charge in [0.25, 0.3) is 5.91 Å². The Morgan fingerprint density at radius 3 is 2.25 bits per heavy atom. The van der Waals surface area contributed by atoms with Crippen molar-refractivity contribution in [2.45, 2.75) is 31.9 Å². The Kier molecular flexibility index (Phi) is 3.38. The van der Waals surface area contributed by atoms with E-state index in [-0.39, 0.29) is 24.9 Å². The molecule has 0 bridgehead atoms. The molecule has 0 aromatic carbocycles. The van der Waals surface area contributed by atoms with Gasteiger partial charge in [-0.2, -0.15) is 0 Å². The van der Waals surface area contributed by atoms with Crippen molar-refractivity contribution in [3.05, 3.63) is 0 Å². The normalized spacial score (nSPS) is 20.2. The van der Waals surface area contributed by atoms with E-state index in [1.165, 1.54) is 0 Å². The monoisotopic (exact) mass is 248 g/mol. The summed E-state index contributed by atoms with van der Waals surface area (Å²) in [4.78, 5) is 50.4. The lowest BCUT2D eigenvalue weighted by Gasteiger charge is -2.16. The number of nitrogens with zero attached hydrogens (tertiary/aromatic N) is 1. The third-order valence-corrected chi connectivity index (χ3v) is 3.36. The molecule has 7 nitrogen and oxygen atoms in total. The van der Waals surface area contributed by atoms with Crippen LogP contribution < -0.4 is 5.32 Å². The van der Waals surface area contributed by atoms with Gasteiger partial charge in [-0.3, -0.25) is 9.69 Å². The molecule has 0 unspecified atom stereocenters. The minimum absolute atomic E-state index is 0.0739. The first-order valence-electron chi connectivity index (χ1n) is 4.95. The maximum absolute atomic E-state index is 11.7. The lowest BCUT2D eigenvalue weighted by atomic mass is 10.1. The van der Waals surface area contributed by atoms with Crippen molar-refractivity contribution in [3.63, 3.8) is 0 Å². The zero-order valence-electron chi connectivity index (χ0n) is 9.23. The second kappa shape index (κ2) is 4.13. The van der Waals surface area contributed by atoms with Crippen LogP contribution in [0.25, 0.3) is 0 Å². The molecule has 3 amide bonds. The fourth-order valence-electron chi connectivity index (χ4n) is 1.50. The molecule has 0 aliphatic carbocycles. The Balaban J connectivity index is 2.50. The van der Waals surface area contributed by atoms with E-state index in [2.05, 4.69) is 5.32 Å². The number of imide groups is 1. The summed E-state index contributed by atoms with van der Waals surface area (Å²) in [5.74, 6) is -0.349. The minimum Gasteiger partial charge on any atom is -0.390 e. The smallest absolute Gasteiger partial charge is 0.390 e. The average molecular weight is 248 g/mol. The van der Waals surface area contributed by atoms with Crippen LogP contribution in [0.5, 0.6) is 0 Å². The van der Waals surface area contributed by atoms with Crippen LogP contribution in [-0.2, 0) is 4.79 Å². The van der Waals surface area contributed by atoms with Crippen LogP contribution in [-0.4, -0.2) is 52.1 Å². The molecule has 0 aromatic heterocycles. The maximum atomic E-state index is 11.7. The van der Waals surface area contributed by atoms with Crippen LogP contribution in [0.4, 0.5) is 4.79 Å². The Labute approximate surface area is 94.1 Å². The molecule has 92 valence electrons. The van der Waals surface area contributed by atoms with Gasteiger partial charge in [0.1, 0.15) is 5.54 Å². The Bertz CT molecular complexity index is 312. The number of carbonyl (C=O) groups is 2. The van der Waals surface area contributed by atoms with Crippen LogP contribution >= 0.6 is 0 Å². The first-order valence-corrected chi connectivity index (χ1v) is 6.99. The van der Waals surface area contributed by atoms with E-state index in [0.29, 0.717) is 0 Å². The molecule has 8 heteroatoms. The summed E-state index contributed by atoms with van der Waals surface area (Å²) in [6.45, 7) is 3.26. The molecular weight excluding hydrogens is 232 g/mol. The SMILES string of the molecule is CC1(C)NC(=O)N(CCC[Si](O)(O)O)C1=O. The standard InChI is InChI=1S/C8H16N2O5Si/c1-8(2)6(11)10(7(12)9-8)4-3-5-16(13,14)15/h13-15H,3-5H2,1-2H3,(H,9,12). The van der Waals surface area contributed by atoms with Crippen LogP contribution in [0.3, 0.4) is 0 Å². The molecule has 0 radical (unpaired) electrons. The van der Waals surface area contributed by atoms with Gasteiger partial charge >= 0.3 is 14.8 Å². The molecule has 1 saturated heterocycles. The van der Waals surface area contributed by atoms with Gasteiger partial charge in [0.05, 0.1) is 0 Å². The number of carbonyl (C=O) groups excluding carboxylic acids is 2. The largest absolute Gasteiger partial charge is 0.492 e. The van der Waals surface area contributed by atoms with Crippen molar-refractivity contribution in [2.75, 3.05) is 6.54 Å². The summed E-state index contributed by atoms with van der Waals surface area (Å²) in [5.41, 5.74) is -0.913. The highest BCUT2D eigenvalue weighted by Crippen LogP contribution is 2.17. The van der Waals surface area contributed by atoms with Gasteiger partial charge in [-0.25, -0.2) is 4.79 Å². The molecule has 1 aliphatic rings. The van der Waals surface area contributed by atoms with Gasteiger partial charge in [-0.05, 0) is 20.3 Å². The zero-order chi connectivity index (χ0) is 12.6. The predicted octanol–water partition coefficient (Wildman–Crippen LogP) is -1.38. The van der Waals surface area contributed by atoms with E-state index in [0.717, 1.165) is 4.90 Å². The summed E-state index contributed by atoms with van der Waals surface area (Å²) in [6.07, 6.45) is 0.172. The maximum Gasteiger partial charge on any atom is 0.492 e. The highest BCUT2D eigenvalue weighted by atomic mass is 28.4. The molecule has 1 heterocycles. The fraction of sp³-hybridized carbons (Fsp3) is 0.750. The Morgan fingerprint density at radius 1 is 1.31 bits per heavy atom. The van der Waals surface area contributed by atoms with Crippen molar-refractivity contribution in [1.29, 1.82) is 0 Å². The van der Waals surface area contributed by atoms with Crippen LogP contribution in [0.2, 0.25) is 6.04 Å². The number of urea groups is 1. The second-order valence-electron chi connectivity index (χ2n) is 4.39. The quantitative estimate of drug-likeness (QED) is 0.362. The molecule has 1 rings (SSSR count). The first kappa shape index (κ1) is 13.1. The average Bonchev–Trinajstić information content (AvgIpc) is 2.25. The van der Waals surface area contributed by atoms with Gasteiger partial charge in [-0.1, -0.05) is 0 Å². The zero-order valence-corrected chi connectivity index (χ0v) is 10.2. The molecule has 16 heavy (non-hydrogen) atoms. The first-order chi connectivity index (χ1) is 7.13. The predicted molar refractivity (Wildman–Crippen MR) is 56.2 cm³/mol. The number of hydrogen-bond donors (Lipinski definition) is 4. The minimum atomic E-state index is -4.08. The summed E-state index contributed by atoms with van der Waals surface area (Å²) in [7, 11) is -4.08. The Hall–Kier alpha value is -0.963. The number of amides is 3. The van der Waals surface area contributed by atoms with Crippen molar-refractivity contribution in [1.82, 2.24) is 10.2 Å². The topological polar surface area (TPSA) is 110 Å². The van der Waals surface area contributed by atoms with Crippen molar-refractivity contribution >= 4 is 20.7 Å². The van der Waals surface area contributed by atoms with Crippen molar-refractivity contribution in [3.8, 4) is 0 Å². The molecule has 0 saturated carbocycles. The van der Waals surface area contributed by atoms with E-state index >= 15 is 0 Å².